The van der Waals surface area contributed by atoms with Gasteiger partial charge in [0.2, 0.25) is 0 Å². The number of aryl methyl sites for hydroxylation is 1. The molecule has 1 aromatic carbocycles. The van der Waals surface area contributed by atoms with Gasteiger partial charge in [-0.05, 0) is 13.0 Å². The Bertz CT molecular complexity index is 513. The average molecular weight is 190 g/mol. The molecule has 0 saturated heterocycles. The zero-order chi connectivity index (χ0) is 10.3. The molecular formula is C10H8NO3-. The van der Waals surface area contributed by atoms with E-state index in [1.54, 1.807) is 13.0 Å². The van der Waals surface area contributed by atoms with E-state index in [2.05, 4.69) is 4.98 Å². The molecule has 0 amide bonds. The summed E-state index contributed by atoms with van der Waals surface area (Å²) in [7, 11) is 0. The monoisotopic (exact) mass is 190 g/mol. The summed E-state index contributed by atoms with van der Waals surface area (Å²) in [6, 6.07) is 4.34. The Labute approximate surface area is 79.8 Å². The highest BCUT2D eigenvalue weighted by Gasteiger charge is 2.13. The van der Waals surface area contributed by atoms with Crippen molar-refractivity contribution in [1.82, 2.24) is 4.98 Å². The van der Waals surface area contributed by atoms with Crippen molar-refractivity contribution < 1.29 is 15.0 Å². The zero-order valence-electron chi connectivity index (χ0n) is 7.50. The minimum Gasteiger partial charge on any atom is -0.872 e. The number of H-pyrrole nitrogens is 1. The van der Waals surface area contributed by atoms with Gasteiger partial charge in [-0.1, -0.05) is 12.1 Å². The lowest BCUT2D eigenvalue weighted by atomic mass is 10.1. The van der Waals surface area contributed by atoms with Gasteiger partial charge in [0, 0.05) is 16.6 Å². The number of aromatic amines is 1. The minimum atomic E-state index is -1.01. The molecule has 0 saturated carbocycles. The predicted octanol–water partition coefficient (Wildman–Crippen LogP) is 1.25. The fourth-order valence-electron chi connectivity index (χ4n) is 1.58. The minimum absolute atomic E-state index is 0.178. The maximum absolute atomic E-state index is 11.1. The maximum Gasteiger partial charge on any atom is 0.338 e. The number of aromatic nitrogens is 1. The van der Waals surface area contributed by atoms with Crippen LogP contribution in [0.15, 0.2) is 18.2 Å². The van der Waals surface area contributed by atoms with E-state index in [1.165, 1.54) is 12.1 Å². The Hall–Kier alpha value is -1.97. The molecule has 14 heavy (non-hydrogen) atoms. The molecule has 2 N–H and O–H groups in total. The Morgan fingerprint density at radius 3 is 2.86 bits per heavy atom. The van der Waals surface area contributed by atoms with Crippen LogP contribution in [-0.4, -0.2) is 16.1 Å². The SMILES string of the molecule is Cc1[nH]c2ccc([O-])cc2c1C(=O)O. The van der Waals surface area contributed by atoms with Crippen LogP contribution in [0.4, 0.5) is 0 Å². The molecule has 72 valence electrons. The van der Waals surface area contributed by atoms with E-state index in [0.29, 0.717) is 16.6 Å². The molecule has 2 aromatic rings. The number of hydrogen-bond acceptors (Lipinski definition) is 2. The molecule has 4 nitrogen and oxygen atoms in total. The summed E-state index contributed by atoms with van der Waals surface area (Å²) in [5, 5.41) is 20.5. The molecule has 0 fully saturated rings. The van der Waals surface area contributed by atoms with Crippen molar-refractivity contribution in [3.63, 3.8) is 0 Å². The molecule has 0 bridgehead atoms. The number of fused-ring (bicyclic) bond motifs is 1. The van der Waals surface area contributed by atoms with E-state index in [1.807, 2.05) is 0 Å². The van der Waals surface area contributed by atoms with Crippen LogP contribution in [0.25, 0.3) is 10.9 Å². The number of benzene rings is 1. The second-order valence-electron chi connectivity index (χ2n) is 3.14. The van der Waals surface area contributed by atoms with E-state index in [9.17, 15) is 9.90 Å². The number of aromatic carboxylic acids is 1. The van der Waals surface area contributed by atoms with Gasteiger partial charge in [0.1, 0.15) is 0 Å². The van der Waals surface area contributed by atoms with Gasteiger partial charge in [-0.3, -0.25) is 0 Å². The fourth-order valence-corrected chi connectivity index (χ4v) is 1.58. The van der Waals surface area contributed by atoms with Gasteiger partial charge in [-0.15, -0.1) is 5.75 Å². The van der Waals surface area contributed by atoms with Crippen molar-refractivity contribution in [1.29, 1.82) is 0 Å². The van der Waals surface area contributed by atoms with Crippen molar-refractivity contribution in [2.45, 2.75) is 6.92 Å². The summed E-state index contributed by atoms with van der Waals surface area (Å²) in [5.74, 6) is -1.20. The van der Waals surface area contributed by atoms with E-state index in [4.69, 9.17) is 5.11 Å². The molecule has 0 radical (unpaired) electrons. The first-order valence-electron chi connectivity index (χ1n) is 4.12. The van der Waals surface area contributed by atoms with Crippen molar-refractivity contribution in [2.24, 2.45) is 0 Å². The lowest BCUT2D eigenvalue weighted by molar-refractivity contribution is -0.268. The fraction of sp³-hybridized carbons (Fsp3) is 0.100. The number of carbonyl (C=O) groups is 1. The summed E-state index contributed by atoms with van der Waals surface area (Å²) in [6.07, 6.45) is 0. The molecule has 4 heteroatoms. The largest absolute Gasteiger partial charge is 0.872 e. The molecule has 1 aromatic heterocycles. The first-order valence-corrected chi connectivity index (χ1v) is 4.12. The van der Waals surface area contributed by atoms with Gasteiger partial charge in [-0.25, -0.2) is 4.79 Å². The van der Waals surface area contributed by atoms with Gasteiger partial charge in [-0.2, -0.15) is 0 Å². The smallest absolute Gasteiger partial charge is 0.338 e. The first kappa shape index (κ1) is 8.62. The highest BCUT2D eigenvalue weighted by Crippen LogP contribution is 2.24. The third-order valence-corrected chi connectivity index (χ3v) is 2.17. The lowest BCUT2D eigenvalue weighted by Crippen LogP contribution is -1.97. The van der Waals surface area contributed by atoms with Gasteiger partial charge in [0.25, 0.3) is 0 Å². The van der Waals surface area contributed by atoms with Gasteiger partial charge in [0.15, 0.2) is 0 Å². The van der Waals surface area contributed by atoms with Gasteiger partial charge < -0.3 is 15.2 Å². The quantitative estimate of drug-likeness (QED) is 0.710. The van der Waals surface area contributed by atoms with Crippen molar-refractivity contribution >= 4 is 16.9 Å². The number of carboxylic acid groups (broad SMARTS) is 1. The Kier molecular flexibility index (Phi) is 1.70. The summed E-state index contributed by atoms with van der Waals surface area (Å²) >= 11 is 0. The molecule has 0 atom stereocenters. The van der Waals surface area contributed by atoms with Crippen molar-refractivity contribution in [2.75, 3.05) is 0 Å². The van der Waals surface area contributed by atoms with Crippen LogP contribution in [0.2, 0.25) is 0 Å². The summed E-state index contributed by atoms with van der Waals surface area (Å²) < 4.78 is 0. The third-order valence-electron chi connectivity index (χ3n) is 2.17. The number of carboxylic acids is 1. The molecule has 0 aliphatic carbocycles. The number of hydrogen-bond donors (Lipinski definition) is 2. The highest BCUT2D eigenvalue weighted by molar-refractivity contribution is 6.04. The normalized spacial score (nSPS) is 10.6. The van der Waals surface area contributed by atoms with E-state index < -0.39 is 5.97 Å². The topological polar surface area (TPSA) is 76.1 Å². The number of nitrogens with one attached hydrogen (secondary N) is 1. The average Bonchev–Trinajstić information content (AvgIpc) is 2.40. The van der Waals surface area contributed by atoms with Gasteiger partial charge >= 0.3 is 5.97 Å². The standard InChI is InChI=1S/C10H9NO3/c1-5-9(10(13)14)7-4-6(12)2-3-8(7)11-5/h2-4,11-12H,1H3,(H,13,14)/p-1. The summed E-state index contributed by atoms with van der Waals surface area (Å²) in [5.41, 5.74) is 1.43. The van der Waals surface area contributed by atoms with Gasteiger partial charge in [0.05, 0.1) is 5.56 Å². The van der Waals surface area contributed by atoms with Crippen molar-refractivity contribution in [3.8, 4) is 5.75 Å². The Morgan fingerprint density at radius 2 is 2.21 bits per heavy atom. The molecule has 0 aliphatic rings. The first-order chi connectivity index (χ1) is 6.59. The van der Waals surface area contributed by atoms with Crippen molar-refractivity contribution in [3.05, 3.63) is 29.5 Å². The van der Waals surface area contributed by atoms with Crippen LogP contribution < -0.4 is 5.11 Å². The van der Waals surface area contributed by atoms with Crippen LogP contribution in [-0.2, 0) is 0 Å². The van der Waals surface area contributed by atoms with Crippen LogP contribution >= 0.6 is 0 Å². The molecule has 0 spiro atoms. The highest BCUT2D eigenvalue weighted by atomic mass is 16.4. The van der Waals surface area contributed by atoms with E-state index in [0.717, 1.165) is 0 Å². The van der Waals surface area contributed by atoms with Crippen LogP contribution in [0.5, 0.6) is 5.75 Å². The second kappa shape index (κ2) is 2.77. The third kappa shape index (κ3) is 1.12. The Morgan fingerprint density at radius 1 is 1.50 bits per heavy atom. The van der Waals surface area contributed by atoms with Crippen LogP contribution in [0, 0.1) is 6.92 Å². The summed E-state index contributed by atoms with van der Waals surface area (Å²) in [6.45, 7) is 1.67. The summed E-state index contributed by atoms with van der Waals surface area (Å²) in [4.78, 5) is 13.8. The Balaban J connectivity index is 2.86. The number of rotatable bonds is 1. The molecule has 0 unspecified atom stereocenters. The van der Waals surface area contributed by atoms with Crippen LogP contribution in [0.1, 0.15) is 16.1 Å². The maximum atomic E-state index is 11.1. The second-order valence-corrected chi connectivity index (χ2v) is 3.14. The van der Waals surface area contributed by atoms with Crippen LogP contribution in [0.3, 0.4) is 0 Å². The molecule has 1 heterocycles. The molecule has 0 aliphatic heterocycles. The lowest BCUT2D eigenvalue weighted by Gasteiger charge is -2.03. The predicted molar refractivity (Wildman–Crippen MR) is 49.4 cm³/mol. The van der Waals surface area contributed by atoms with E-state index in [-0.39, 0.29) is 11.3 Å². The molecule has 2 rings (SSSR count). The zero-order valence-corrected chi connectivity index (χ0v) is 7.50. The van der Waals surface area contributed by atoms with E-state index >= 15 is 0 Å². The molecular weight excluding hydrogens is 182 g/mol.